The first-order valence-corrected chi connectivity index (χ1v) is 11.9. The van der Waals surface area contributed by atoms with Gasteiger partial charge in [-0.2, -0.15) is 0 Å². The predicted octanol–water partition coefficient (Wildman–Crippen LogP) is 5.84. The summed E-state index contributed by atoms with van der Waals surface area (Å²) in [5.41, 5.74) is 2.41. The second-order valence-electron chi connectivity index (χ2n) is 8.67. The number of hydrogen-bond acceptors (Lipinski definition) is 7. The zero-order valence-electron chi connectivity index (χ0n) is 19.2. The van der Waals surface area contributed by atoms with Gasteiger partial charge in [0.1, 0.15) is 17.8 Å². The lowest BCUT2D eigenvalue weighted by atomic mass is 9.87. The van der Waals surface area contributed by atoms with Gasteiger partial charge in [0.2, 0.25) is 5.43 Å². The van der Waals surface area contributed by atoms with Gasteiger partial charge in [0.15, 0.2) is 16.7 Å². The minimum atomic E-state index is -0.495. The molecule has 0 bridgehead atoms. The lowest BCUT2D eigenvalue weighted by Crippen LogP contribution is -2.10. The molecule has 0 aliphatic rings. The van der Waals surface area contributed by atoms with E-state index in [0.717, 1.165) is 17.5 Å². The minimum Gasteiger partial charge on any atom is -0.502 e. The zero-order valence-corrected chi connectivity index (χ0v) is 20.8. The fourth-order valence-electron chi connectivity index (χ4n) is 3.35. The van der Waals surface area contributed by atoms with Gasteiger partial charge in [-0.05, 0) is 29.2 Å². The Hall–Kier alpha value is -3.23. The maximum absolute atomic E-state index is 11.7. The van der Waals surface area contributed by atoms with Crippen LogP contribution in [0.5, 0.6) is 11.5 Å². The number of hydrogen-bond donors (Lipinski definition) is 1. The molecule has 2 aromatic heterocycles. The van der Waals surface area contributed by atoms with Crippen molar-refractivity contribution in [3.63, 3.8) is 0 Å². The summed E-state index contributed by atoms with van der Waals surface area (Å²) in [5, 5.41) is 19.3. The first-order chi connectivity index (χ1) is 16.2. The average molecular weight is 498 g/mol. The Bertz CT molecular complexity index is 1370. The van der Waals surface area contributed by atoms with Crippen molar-refractivity contribution in [2.24, 2.45) is 0 Å². The van der Waals surface area contributed by atoms with E-state index < -0.39 is 11.2 Å². The molecule has 0 aliphatic carbocycles. The number of rotatable bonds is 6. The first kappa shape index (κ1) is 23.9. The Morgan fingerprint density at radius 1 is 1.12 bits per heavy atom. The summed E-state index contributed by atoms with van der Waals surface area (Å²) in [6.07, 6.45) is 1.04. The lowest BCUT2D eigenvalue weighted by Gasteiger charge is -2.19. The second kappa shape index (κ2) is 9.56. The van der Waals surface area contributed by atoms with Gasteiger partial charge in [-0.1, -0.05) is 68.4 Å². The Labute approximate surface area is 206 Å². The van der Waals surface area contributed by atoms with Gasteiger partial charge >= 0.3 is 0 Å². The van der Waals surface area contributed by atoms with Gasteiger partial charge in [-0.15, -0.1) is 10.2 Å². The van der Waals surface area contributed by atoms with E-state index in [-0.39, 0.29) is 5.41 Å². The van der Waals surface area contributed by atoms with Crippen LogP contribution in [0, 0.1) is 0 Å². The summed E-state index contributed by atoms with van der Waals surface area (Å²) >= 11 is 7.76. The number of nitrogens with zero attached hydrogens (tertiary/aromatic N) is 3. The van der Waals surface area contributed by atoms with Crippen molar-refractivity contribution in [2.75, 3.05) is 7.11 Å². The van der Waals surface area contributed by atoms with Crippen molar-refractivity contribution in [1.82, 2.24) is 14.8 Å². The van der Waals surface area contributed by atoms with E-state index in [2.05, 4.69) is 43.1 Å². The predicted molar refractivity (Wildman–Crippen MR) is 133 cm³/mol. The molecule has 9 heteroatoms. The second-order valence-corrected chi connectivity index (χ2v) is 10.0. The highest BCUT2D eigenvalue weighted by Gasteiger charge is 2.19. The van der Waals surface area contributed by atoms with Crippen molar-refractivity contribution >= 4 is 23.4 Å². The third kappa shape index (κ3) is 4.98. The first-order valence-electron chi connectivity index (χ1n) is 10.5. The summed E-state index contributed by atoms with van der Waals surface area (Å²) in [6.45, 7) is 6.50. The highest BCUT2D eigenvalue weighted by atomic mass is 35.5. The molecule has 0 saturated heterocycles. The van der Waals surface area contributed by atoms with Gasteiger partial charge in [-0.3, -0.25) is 9.36 Å². The maximum atomic E-state index is 11.7. The van der Waals surface area contributed by atoms with Gasteiger partial charge in [0.05, 0.1) is 23.6 Å². The molecule has 4 aromatic rings. The van der Waals surface area contributed by atoms with Crippen LogP contribution in [-0.2, 0) is 11.2 Å². The van der Waals surface area contributed by atoms with Crippen LogP contribution in [0.25, 0.3) is 17.1 Å². The minimum absolute atomic E-state index is 0.0325. The molecule has 0 radical (unpaired) electrons. The van der Waals surface area contributed by atoms with Crippen molar-refractivity contribution in [3.05, 3.63) is 81.4 Å². The number of halogens is 1. The molecule has 2 heterocycles. The normalized spacial score (nSPS) is 11.6. The molecule has 0 saturated carbocycles. The molecular weight excluding hydrogens is 474 g/mol. The molecule has 0 unspecified atom stereocenters. The topological polar surface area (TPSA) is 90.4 Å². The smallest absolute Gasteiger partial charge is 0.226 e. The summed E-state index contributed by atoms with van der Waals surface area (Å²) in [6, 6.07) is 15.0. The molecule has 0 fully saturated rings. The van der Waals surface area contributed by atoms with E-state index in [1.807, 2.05) is 22.8 Å². The van der Waals surface area contributed by atoms with Gasteiger partial charge in [0, 0.05) is 11.6 Å². The van der Waals surface area contributed by atoms with Crippen LogP contribution < -0.4 is 10.2 Å². The Morgan fingerprint density at radius 3 is 2.47 bits per heavy atom. The van der Waals surface area contributed by atoms with E-state index in [1.165, 1.54) is 23.4 Å². The Morgan fingerprint density at radius 2 is 1.85 bits per heavy atom. The number of aromatic hydroxyl groups is 1. The van der Waals surface area contributed by atoms with Gasteiger partial charge < -0.3 is 14.3 Å². The number of benzene rings is 2. The number of aromatic nitrogens is 3. The van der Waals surface area contributed by atoms with Crippen LogP contribution in [0.4, 0.5) is 0 Å². The summed E-state index contributed by atoms with van der Waals surface area (Å²) in [4.78, 5) is 11.7. The molecule has 4 rings (SSSR count). The average Bonchev–Trinajstić information content (AvgIpc) is 3.23. The summed E-state index contributed by atoms with van der Waals surface area (Å²) in [7, 11) is 1.56. The molecule has 2 aromatic carbocycles. The van der Waals surface area contributed by atoms with Crippen LogP contribution in [-0.4, -0.2) is 27.0 Å². The molecule has 34 heavy (non-hydrogen) atoms. The molecule has 0 aliphatic heterocycles. The van der Waals surface area contributed by atoms with Gasteiger partial charge in [-0.25, -0.2) is 0 Å². The molecule has 0 atom stereocenters. The van der Waals surface area contributed by atoms with Crippen LogP contribution in [0.3, 0.4) is 0 Å². The van der Waals surface area contributed by atoms with E-state index >= 15 is 0 Å². The highest BCUT2D eigenvalue weighted by Crippen LogP contribution is 2.34. The van der Waals surface area contributed by atoms with Crippen molar-refractivity contribution < 1.29 is 14.3 Å². The SMILES string of the molecule is COc1ccc(-n2c(SCc3cc(=O)c(O)co3)nnc2-c2ccc(C(C)(C)C)cc2)cc1Cl. The number of ether oxygens (including phenoxy) is 1. The van der Waals surface area contributed by atoms with Crippen LogP contribution >= 0.6 is 23.4 Å². The molecule has 7 nitrogen and oxygen atoms in total. The number of thioether (sulfide) groups is 1. The molecule has 0 amide bonds. The lowest BCUT2D eigenvalue weighted by molar-refractivity contribution is 0.415. The van der Waals surface area contributed by atoms with Crippen molar-refractivity contribution in [3.8, 4) is 28.6 Å². The van der Waals surface area contributed by atoms with Crippen LogP contribution in [0.2, 0.25) is 5.02 Å². The van der Waals surface area contributed by atoms with Gasteiger partial charge in [0.25, 0.3) is 0 Å². The summed E-state index contributed by atoms with van der Waals surface area (Å²) in [5.74, 6) is 1.52. The fourth-order valence-corrected chi connectivity index (χ4v) is 4.45. The number of methoxy groups -OCH3 is 1. The standard InChI is InChI=1S/C25H24ClN3O4S/c1-25(2,3)16-7-5-15(6-8-16)23-27-28-24(34-14-18-12-20(30)21(31)13-33-18)29(23)17-9-10-22(32-4)19(26)11-17/h5-13,31H,14H2,1-4H3. The molecular formula is C25H24ClN3O4S. The maximum Gasteiger partial charge on any atom is 0.226 e. The monoisotopic (exact) mass is 497 g/mol. The van der Waals surface area contributed by atoms with E-state index in [0.29, 0.717) is 33.3 Å². The molecule has 176 valence electrons. The van der Waals surface area contributed by atoms with Crippen LogP contribution in [0.1, 0.15) is 32.1 Å². The van der Waals surface area contributed by atoms with Crippen molar-refractivity contribution in [2.45, 2.75) is 37.1 Å². The molecule has 1 N–H and O–H groups in total. The molecule has 0 spiro atoms. The Kier molecular flexibility index (Phi) is 6.72. The largest absolute Gasteiger partial charge is 0.502 e. The third-order valence-electron chi connectivity index (χ3n) is 5.25. The van der Waals surface area contributed by atoms with E-state index in [4.69, 9.17) is 20.8 Å². The fraction of sp³-hybridized carbons (Fsp3) is 0.240. The summed E-state index contributed by atoms with van der Waals surface area (Å²) < 4.78 is 12.5. The zero-order chi connectivity index (χ0) is 24.5. The van der Waals surface area contributed by atoms with E-state index in [1.54, 1.807) is 19.2 Å². The highest BCUT2D eigenvalue weighted by molar-refractivity contribution is 7.98. The van der Waals surface area contributed by atoms with Crippen LogP contribution in [0.15, 0.2) is 69.2 Å². The Balaban J connectivity index is 1.76. The third-order valence-corrected chi connectivity index (χ3v) is 6.49. The quantitative estimate of drug-likeness (QED) is 0.334. The van der Waals surface area contributed by atoms with E-state index in [9.17, 15) is 9.90 Å². The van der Waals surface area contributed by atoms with Crippen molar-refractivity contribution in [1.29, 1.82) is 0 Å².